The number of hydrogen-bond acceptors (Lipinski definition) is 4. The molecule has 1 aliphatic rings. The molecule has 0 aliphatic carbocycles. The maximum atomic E-state index is 12.5. The summed E-state index contributed by atoms with van der Waals surface area (Å²) in [6, 6.07) is 10.7. The SMILES string of the molecule is CC1COCCN1C(=O)c1ccc(NC(=O)c2cccs2)cc1. The van der Waals surface area contributed by atoms with Crippen LogP contribution in [0.15, 0.2) is 41.8 Å². The van der Waals surface area contributed by atoms with Crippen molar-refractivity contribution >= 4 is 28.8 Å². The summed E-state index contributed by atoms with van der Waals surface area (Å²) in [6.07, 6.45) is 0. The molecule has 1 N–H and O–H groups in total. The van der Waals surface area contributed by atoms with Gasteiger partial charge in [0.25, 0.3) is 11.8 Å². The number of rotatable bonds is 3. The second-order valence-electron chi connectivity index (χ2n) is 5.43. The number of carbonyl (C=O) groups excluding carboxylic acids is 2. The third kappa shape index (κ3) is 3.60. The minimum atomic E-state index is -0.138. The number of amides is 2. The van der Waals surface area contributed by atoms with E-state index in [0.29, 0.717) is 35.9 Å². The maximum Gasteiger partial charge on any atom is 0.265 e. The minimum absolute atomic E-state index is 0.00284. The van der Waals surface area contributed by atoms with Crippen LogP contribution in [0.4, 0.5) is 5.69 Å². The summed E-state index contributed by atoms with van der Waals surface area (Å²) in [7, 11) is 0. The van der Waals surface area contributed by atoms with Gasteiger partial charge in [0.2, 0.25) is 0 Å². The fourth-order valence-corrected chi connectivity index (χ4v) is 3.11. The average molecular weight is 330 g/mol. The Bertz CT molecular complexity index is 682. The van der Waals surface area contributed by atoms with E-state index in [1.807, 2.05) is 23.3 Å². The van der Waals surface area contributed by atoms with Gasteiger partial charge in [-0.2, -0.15) is 0 Å². The van der Waals surface area contributed by atoms with Crippen molar-refractivity contribution in [3.8, 4) is 0 Å². The van der Waals surface area contributed by atoms with E-state index in [9.17, 15) is 9.59 Å². The van der Waals surface area contributed by atoms with Crippen LogP contribution in [-0.2, 0) is 4.74 Å². The largest absolute Gasteiger partial charge is 0.377 e. The molecular formula is C17H18N2O3S. The van der Waals surface area contributed by atoms with Crippen LogP contribution < -0.4 is 5.32 Å². The number of thiophene rings is 1. The quantitative estimate of drug-likeness (QED) is 0.941. The van der Waals surface area contributed by atoms with E-state index >= 15 is 0 Å². The van der Waals surface area contributed by atoms with Gasteiger partial charge in [-0.05, 0) is 42.6 Å². The molecular weight excluding hydrogens is 312 g/mol. The van der Waals surface area contributed by atoms with Gasteiger partial charge < -0.3 is 15.0 Å². The molecule has 0 bridgehead atoms. The summed E-state index contributed by atoms with van der Waals surface area (Å²) in [5.74, 6) is -0.141. The van der Waals surface area contributed by atoms with Crippen molar-refractivity contribution in [1.29, 1.82) is 0 Å². The zero-order chi connectivity index (χ0) is 16.2. The molecule has 2 amide bonds. The zero-order valence-electron chi connectivity index (χ0n) is 12.8. The molecule has 0 spiro atoms. The number of benzene rings is 1. The van der Waals surface area contributed by atoms with Crippen LogP contribution in [0.5, 0.6) is 0 Å². The lowest BCUT2D eigenvalue weighted by molar-refractivity contribution is 0.00359. The third-order valence-corrected chi connectivity index (χ3v) is 4.63. The lowest BCUT2D eigenvalue weighted by Crippen LogP contribution is -2.47. The van der Waals surface area contributed by atoms with Crippen LogP contribution >= 0.6 is 11.3 Å². The van der Waals surface area contributed by atoms with Gasteiger partial charge >= 0.3 is 0 Å². The molecule has 2 aromatic rings. The Labute approximate surface area is 138 Å². The lowest BCUT2D eigenvalue weighted by Gasteiger charge is -2.33. The van der Waals surface area contributed by atoms with E-state index in [1.54, 1.807) is 30.3 Å². The summed E-state index contributed by atoms with van der Waals surface area (Å²) >= 11 is 1.39. The van der Waals surface area contributed by atoms with E-state index in [1.165, 1.54) is 11.3 Å². The second-order valence-corrected chi connectivity index (χ2v) is 6.38. The third-order valence-electron chi connectivity index (χ3n) is 3.76. The van der Waals surface area contributed by atoms with Gasteiger partial charge in [-0.1, -0.05) is 6.07 Å². The first kappa shape index (κ1) is 15.7. The number of carbonyl (C=O) groups is 2. The molecule has 1 unspecified atom stereocenters. The summed E-state index contributed by atoms with van der Waals surface area (Å²) < 4.78 is 5.36. The van der Waals surface area contributed by atoms with Gasteiger partial charge in [0.1, 0.15) is 0 Å². The molecule has 3 rings (SSSR count). The molecule has 6 heteroatoms. The number of nitrogens with zero attached hydrogens (tertiary/aromatic N) is 1. The highest BCUT2D eigenvalue weighted by Gasteiger charge is 2.24. The van der Waals surface area contributed by atoms with Crippen LogP contribution in [0.1, 0.15) is 27.0 Å². The summed E-state index contributed by atoms with van der Waals surface area (Å²) in [5, 5.41) is 4.69. The first-order valence-corrected chi connectivity index (χ1v) is 8.37. The van der Waals surface area contributed by atoms with Crippen LogP contribution in [-0.4, -0.2) is 42.5 Å². The van der Waals surface area contributed by atoms with Crippen molar-refractivity contribution in [2.75, 3.05) is 25.1 Å². The smallest absolute Gasteiger partial charge is 0.265 e. The van der Waals surface area contributed by atoms with E-state index < -0.39 is 0 Å². The first-order chi connectivity index (χ1) is 11.1. The number of ether oxygens (including phenoxy) is 1. The van der Waals surface area contributed by atoms with Crippen LogP contribution in [0, 0.1) is 0 Å². The number of anilines is 1. The first-order valence-electron chi connectivity index (χ1n) is 7.49. The Balaban J connectivity index is 1.67. The number of nitrogens with one attached hydrogen (secondary N) is 1. The summed E-state index contributed by atoms with van der Waals surface area (Å²) in [5.41, 5.74) is 1.29. The molecule has 1 saturated heterocycles. The molecule has 5 nitrogen and oxygen atoms in total. The monoisotopic (exact) mass is 330 g/mol. The molecule has 23 heavy (non-hydrogen) atoms. The topological polar surface area (TPSA) is 58.6 Å². The van der Waals surface area contributed by atoms with Crippen molar-refractivity contribution in [2.45, 2.75) is 13.0 Å². The molecule has 1 aliphatic heterocycles. The van der Waals surface area contributed by atoms with Gasteiger partial charge in [0, 0.05) is 17.8 Å². The Morgan fingerprint density at radius 3 is 2.70 bits per heavy atom. The predicted octanol–water partition coefficient (Wildman–Crippen LogP) is 2.86. The van der Waals surface area contributed by atoms with E-state index in [2.05, 4.69) is 5.32 Å². The molecule has 1 aromatic carbocycles. The van der Waals surface area contributed by atoms with Crippen molar-refractivity contribution in [1.82, 2.24) is 4.90 Å². The standard InChI is InChI=1S/C17H18N2O3S/c1-12-11-22-9-8-19(12)17(21)13-4-6-14(7-5-13)18-16(20)15-3-2-10-23-15/h2-7,10,12H,8-9,11H2,1H3,(H,18,20). The molecule has 1 fully saturated rings. The summed E-state index contributed by atoms with van der Waals surface area (Å²) in [6.45, 7) is 3.73. The fraction of sp³-hybridized carbons (Fsp3) is 0.294. The molecule has 0 radical (unpaired) electrons. The fourth-order valence-electron chi connectivity index (χ4n) is 2.49. The number of morpholine rings is 1. The zero-order valence-corrected chi connectivity index (χ0v) is 13.6. The minimum Gasteiger partial charge on any atom is -0.377 e. The van der Waals surface area contributed by atoms with Crippen molar-refractivity contribution in [3.05, 3.63) is 52.2 Å². The Morgan fingerprint density at radius 2 is 2.04 bits per heavy atom. The van der Waals surface area contributed by atoms with Crippen molar-refractivity contribution in [3.63, 3.8) is 0 Å². The van der Waals surface area contributed by atoms with Crippen LogP contribution in [0.3, 0.4) is 0 Å². The highest BCUT2D eigenvalue weighted by molar-refractivity contribution is 7.12. The Morgan fingerprint density at radius 1 is 1.26 bits per heavy atom. The van der Waals surface area contributed by atoms with Crippen molar-refractivity contribution < 1.29 is 14.3 Å². The highest BCUT2D eigenvalue weighted by Crippen LogP contribution is 2.17. The van der Waals surface area contributed by atoms with Gasteiger partial charge in [0.15, 0.2) is 0 Å². The van der Waals surface area contributed by atoms with Gasteiger partial charge in [-0.15, -0.1) is 11.3 Å². The van der Waals surface area contributed by atoms with E-state index in [-0.39, 0.29) is 17.9 Å². The molecule has 1 aromatic heterocycles. The molecule has 2 heterocycles. The highest BCUT2D eigenvalue weighted by atomic mass is 32.1. The van der Waals surface area contributed by atoms with Gasteiger partial charge in [-0.25, -0.2) is 0 Å². The lowest BCUT2D eigenvalue weighted by atomic mass is 10.1. The van der Waals surface area contributed by atoms with Crippen molar-refractivity contribution in [2.24, 2.45) is 0 Å². The Kier molecular flexibility index (Phi) is 4.73. The second kappa shape index (κ2) is 6.93. The predicted molar refractivity (Wildman–Crippen MR) is 90.0 cm³/mol. The molecule has 0 saturated carbocycles. The summed E-state index contributed by atoms with van der Waals surface area (Å²) in [4.78, 5) is 27.0. The maximum absolute atomic E-state index is 12.5. The normalized spacial score (nSPS) is 17.8. The average Bonchev–Trinajstić information content (AvgIpc) is 3.10. The Hall–Kier alpha value is -2.18. The van der Waals surface area contributed by atoms with E-state index in [0.717, 1.165) is 0 Å². The van der Waals surface area contributed by atoms with Gasteiger partial charge in [0.05, 0.1) is 24.1 Å². The molecule has 1 atom stereocenters. The van der Waals surface area contributed by atoms with Crippen LogP contribution in [0.2, 0.25) is 0 Å². The molecule has 120 valence electrons. The van der Waals surface area contributed by atoms with E-state index in [4.69, 9.17) is 4.74 Å². The number of hydrogen-bond donors (Lipinski definition) is 1. The van der Waals surface area contributed by atoms with Gasteiger partial charge in [-0.3, -0.25) is 9.59 Å². The van der Waals surface area contributed by atoms with Crippen LogP contribution in [0.25, 0.3) is 0 Å².